The standard InChI is InChI=1S/C43H68F3NO/c1-6-8-16-38(28-47)34-20-19-33(7-2)39(24-23-34)31(5)40-26-37(18-17-29(40)3)42(48)30(4)35-21-22-36(41(27-35)43(44,45)46)25-32-14-12-10-9-11-13-15-32/h7,29,32-42,48H,2,4-6,8,10,12-28,47H2,1,3H3. The molecule has 0 aliphatic heterocycles. The molecule has 3 N–H and O–H groups in total. The van der Waals surface area contributed by atoms with Crippen molar-refractivity contribution in [1.29, 1.82) is 0 Å². The highest BCUT2D eigenvalue weighted by atomic mass is 19.4. The molecule has 12 atom stereocenters. The topological polar surface area (TPSA) is 46.2 Å². The van der Waals surface area contributed by atoms with Crippen molar-refractivity contribution in [2.45, 2.75) is 148 Å². The van der Waals surface area contributed by atoms with E-state index in [1.54, 1.807) is 0 Å². The van der Waals surface area contributed by atoms with E-state index in [9.17, 15) is 18.3 Å². The molecule has 4 rings (SSSR count). The Morgan fingerprint density at radius 1 is 0.917 bits per heavy atom. The monoisotopic (exact) mass is 672 g/mol. The molecule has 0 radical (unpaired) electrons. The van der Waals surface area contributed by atoms with E-state index in [2.05, 4.69) is 44.9 Å². The number of unbranched alkanes of at least 4 members (excludes halogenated alkanes) is 1. The fraction of sp³-hybridized carbons (Fsp3) is 0.814. The quantitative estimate of drug-likeness (QED) is 0.116. The van der Waals surface area contributed by atoms with Crippen molar-refractivity contribution in [1.82, 2.24) is 0 Å². The maximum atomic E-state index is 14.5. The van der Waals surface area contributed by atoms with Crippen molar-refractivity contribution in [3.63, 3.8) is 0 Å². The molecule has 12 unspecified atom stereocenters. The predicted molar refractivity (Wildman–Crippen MR) is 195 cm³/mol. The number of hydrogen-bond donors (Lipinski definition) is 2. The number of allylic oxidation sites excluding steroid dienone is 2. The van der Waals surface area contributed by atoms with Crippen LogP contribution in [0.25, 0.3) is 0 Å². The summed E-state index contributed by atoms with van der Waals surface area (Å²) in [6, 6.07) is 0. The fourth-order valence-electron chi connectivity index (χ4n) is 10.6. The van der Waals surface area contributed by atoms with Crippen LogP contribution in [0.5, 0.6) is 0 Å². The van der Waals surface area contributed by atoms with Crippen LogP contribution in [0.4, 0.5) is 13.2 Å². The molecule has 4 aliphatic carbocycles. The van der Waals surface area contributed by atoms with Crippen molar-refractivity contribution < 1.29 is 18.3 Å². The number of alkyl halides is 3. The van der Waals surface area contributed by atoms with Crippen LogP contribution in [0.1, 0.15) is 136 Å². The van der Waals surface area contributed by atoms with Gasteiger partial charge in [0.2, 0.25) is 0 Å². The predicted octanol–water partition coefficient (Wildman–Crippen LogP) is 11.5. The summed E-state index contributed by atoms with van der Waals surface area (Å²) in [7, 11) is 0. The van der Waals surface area contributed by atoms with E-state index < -0.39 is 18.2 Å². The van der Waals surface area contributed by atoms with Crippen molar-refractivity contribution in [2.75, 3.05) is 6.54 Å². The Balaban J connectivity index is 1.39. The van der Waals surface area contributed by atoms with E-state index in [4.69, 9.17) is 12.3 Å². The van der Waals surface area contributed by atoms with Gasteiger partial charge in [0.25, 0.3) is 0 Å². The first-order valence-electron chi connectivity index (χ1n) is 19.9. The third-order valence-electron chi connectivity index (χ3n) is 13.7. The summed E-state index contributed by atoms with van der Waals surface area (Å²) in [5.41, 5.74) is 8.23. The minimum atomic E-state index is -4.22. The van der Waals surface area contributed by atoms with Gasteiger partial charge in [-0.1, -0.05) is 51.5 Å². The molecule has 3 fully saturated rings. The second-order valence-electron chi connectivity index (χ2n) is 16.6. The number of hydrogen-bond acceptors (Lipinski definition) is 2. The van der Waals surface area contributed by atoms with Crippen LogP contribution < -0.4 is 5.73 Å². The van der Waals surface area contributed by atoms with Crippen LogP contribution in [0.2, 0.25) is 0 Å². The molecule has 48 heavy (non-hydrogen) atoms. The summed E-state index contributed by atoms with van der Waals surface area (Å²) in [4.78, 5) is 0. The molecule has 0 saturated heterocycles. The molecule has 0 aromatic carbocycles. The van der Waals surface area contributed by atoms with Gasteiger partial charge in [-0.15, -0.1) is 18.4 Å². The summed E-state index contributed by atoms with van der Waals surface area (Å²) in [6.07, 6.45) is 14.7. The van der Waals surface area contributed by atoms with Crippen LogP contribution in [0, 0.1) is 76.9 Å². The number of halogens is 3. The van der Waals surface area contributed by atoms with Crippen molar-refractivity contribution in [3.8, 4) is 11.8 Å². The number of rotatable bonds is 13. The minimum absolute atomic E-state index is 0.0184. The Morgan fingerprint density at radius 2 is 1.65 bits per heavy atom. The largest absolute Gasteiger partial charge is 0.392 e. The fourth-order valence-corrected chi connectivity index (χ4v) is 10.6. The van der Waals surface area contributed by atoms with E-state index in [1.165, 1.54) is 37.7 Å². The number of aliphatic hydroxyl groups is 1. The Hall–Kier alpha value is -1.51. The minimum Gasteiger partial charge on any atom is -0.388 e. The van der Waals surface area contributed by atoms with Gasteiger partial charge in [0, 0.05) is 12.8 Å². The second kappa shape index (κ2) is 18.6. The maximum absolute atomic E-state index is 14.5. The molecule has 5 heteroatoms. The van der Waals surface area contributed by atoms with E-state index in [0.29, 0.717) is 66.3 Å². The molecule has 0 amide bonds. The highest BCUT2D eigenvalue weighted by molar-refractivity contribution is 5.17. The molecule has 272 valence electrons. The Morgan fingerprint density at radius 3 is 2.35 bits per heavy atom. The Bertz CT molecular complexity index is 1100. The lowest BCUT2D eigenvalue weighted by atomic mass is 9.63. The lowest BCUT2D eigenvalue weighted by molar-refractivity contribution is -0.201. The molecular weight excluding hydrogens is 603 g/mol. The van der Waals surface area contributed by atoms with Crippen molar-refractivity contribution >= 4 is 0 Å². The van der Waals surface area contributed by atoms with Crippen molar-refractivity contribution in [2.24, 2.45) is 70.8 Å². The highest BCUT2D eigenvalue weighted by Crippen LogP contribution is 2.51. The van der Waals surface area contributed by atoms with Gasteiger partial charge in [-0.05, 0) is 168 Å². The number of nitrogens with two attached hydrogens (primary N) is 1. The van der Waals surface area contributed by atoms with E-state index in [-0.39, 0.29) is 24.2 Å². The van der Waals surface area contributed by atoms with Gasteiger partial charge in [-0.25, -0.2) is 0 Å². The first-order chi connectivity index (χ1) is 23.0. The van der Waals surface area contributed by atoms with Crippen LogP contribution >= 0.6 is 0 Å². The average Bonchev–Trinajstić information content (AvgIpc) is 3.28. The summed E-state index contributed by atoms with van der Waals surface area (Å²) in [6.45, 7) is 18.7. The first-order valence-corrected chi connectivity index (χ1v) is 19.9. The molecule has 0 bridgehead atoms. The van der Waals surface area contributed by atoms with Gasteiger partial charge in [0.15, 0.2) is 0 Å². The lowest BCUT2D eigenvalue weighted by Gasteiger charge is -2.43. The third kappa shape index (κ3) is 10.3. The van der Waals surface area contributed by atoms with Gasteiger partial charge in [-0.3, -0.25) is 0 Å². The van der Waals surface area contributed by atoms with Gasteiger partial charge in [-0.2, -0.15) is 13.2 Å². The van der Waals surface area contributed by atoms with Crippen LogP contribution in [-0.2, 0) is 0 Å². The first kappa shape index (κ1) is 39.3. The molecule has 0 aromatic rings. The van der Waals surface area contributed by atoms with Gasteiger partial charge < -0.3 is 10.8 Å². The van der Waals surface area contributed by atoms with Crippen LogP contribution in [0.3, 0.4) is 0 Å². The molecule has 0 spiro atoms. The second-order valence-corrected chi connectivity index (χ2v) is 16.6. The SMILES string of the molecule is C=CC1CCC(C(CN)CCCC)CCC1C(=C)C1CC(C(O)C(=C)C2CCC(CC3CCC#CCCC3)C(C(F)(F)F)C2)CCC1C. The smallest absolute Gasteiger partial charge is 0.388 e. The Kier molecular flexibility index (Phi) is 15.3. The van der Waals surface area contributed by atoms with E-state index >= 15 is 0 Å². The van der Waals surface area contributed by atoms with Crippen molar-refractivity contribution in [3.05, 3.63) is 37.0 Å². The van der Waals surface area contributed by atoms with Crippen LogP contribution in [-0.4, -0.2) is 23.9 Å². The maximum Gasteiger partial charge on any atom is 0.392 e. The zero-order valence-electron chi connectivity index (χ0n) is 30.4. The summed E-state index contributed by atoms with van der Waals surface area (Å²) < 4.78 is 43.6. The van der Waals surface area contributed by atoms with E-state index in [1.807, 2.05) is 0 Å². The Labute approximate surface area is 292 Å². The zero-order chi connectivity index (χ0) is 34.8. The molecular formula is C43H68F3NO. The summed E-state index contributed by atoms with van der Waals surface area (Å²) in [5.74, 6) is 7.59. The van der Waals surface area contributed by atoms with Crippen LogP contribution in [0.15, 0.2) is 37.0 Å². The molecule has 3 saturated carbocycles. The molecule has 4 aliphatic rings. The normalized spacial score (nSPS) is 36.3. The zero-order valence-corrected chi connectivity index (χ0v) is 30.4. The van der Waals surface area contributed by atoms with Gasteiger partial charge >= 0.3 is 6.18 Å². The lowest BCUT2D eigenvalue weighted by Crippen LogP contribution is -2.40. The summed E-state index contributed by atoms with van der Waals surface area (Å²) in [5, 5.41) is 11.8. The summed E-state index contributed by atoms with van der Waals surface area (Å²) >= 11 is 0. The van der Waals surface area contributed by atoms with E-state index in [0.717, 1.165) is 70.8 Å². The van der Waals surface area contributed by atoms with Gasteiger partial charge in [0.05, 0.1) is 12.0 Å². The molecule has 0 heterocycles. The molecule has 0 aromatic heterocycles. The molecule has 2 nitrogen and oxygen atoms in total. The highest BCUT2D eigenvalue weighted by Gasteiger charge is 2.49. The van der Waals surface area contributed by atoms with Gasteiger partial charge in [0.1, 0.15) is 0 Å². The third-order valence-corrected chi connectivity index (χ3v) is 13.7. The number of aliphatic hydroxyl groups excluding tert-OH is 1. The average molecular weight is 672 g/mol.